The second-order valence-corrected chi connectivity index (χ2v) is 11.1. The zero-order valence-electron chi connectivity index (χ0n) is 21.3. The van der Waals surface area contributed by atoms with E-state index in [-0.39, 0.29) is 24.7 Å². The molecule has 1 heterocycles. The van der Waals surface area contributed by atoms with Crippen LogP contribution in [-0.2, 0) is 22.6 Å². The summed E-state index contributed by atoms with van der Waals surface area (Å²) in [5.74, 6) is -0.0371. The van der Waals surface area contributed by atoms with Crippen molar-refractivity contribution in [1.82, 2.24) is 10.6 Å². The molecule has 0 spiro atoms. The van der Waals surface area contributed by atoms with Gasteiger partial charge in [-0.1, -0.05) is 73.2 Å². The molecular weight excluding hydrogens is 505 g/mol. The minimum absolute atomic E-state index is 0.123. The summed E-state index contributed by atoms with van der Waals surface area (Å²) in [5, 5.41) is 9.59. The van der Waals surface area contributed by atoms with Crippen LogP contribution in [0.5, 0.6) is 0 Å². The van der Waals surface area contributed by atoms with Crippen molar-refractivity contribution in [1.29, 1.82) is 0 Å². The largest absolute Gasteiger partial charge is 0.611 e. The van der Waals surface area contributed by atoms with Gasteiger partial charge in [0.15, 0.2) is 20.3 Å². The highest BCUT2D eigenvalue weighted by Crippen LogP contribution is 2.23. The number of amides is 2. The molecule has 37 heavy (non-hydrogen) atoms. The summed E-state index contributed by atoms with van der Waals surface area (Å²) in [5.41, 5.74) is 4.49. The van der Waals surface area contributed by atoms with Gasteiger partial charge in [0, 0.05) is 6.54 Å². The van der Waals surface area contributed by atoms with Gasteiger partial charge in [0.2, 0.25) is 5.91 Å². The molecule has 9 heteroatoms. The zero-order valence-corrected chi connectivity index (χ0v) is 23.0. The van der Waals surface area contributed by atoms with Gasteiger partial charge in [0.1, 0.15) is 6.61 Å². The summed E-state index contributed by atoms with van der Waals surface area (Å²) < 4.78 is 9.33. The molecule has 1 aromatic heterocycles. The van der Waals surface area contributed by atoms with Crippen LogP contribution < -0.4 is 15.5 Å². The normalized spacial score (nSPS) is 12.3. The SMILES string of the molecule is CC(C)C[C@H](N=[P+]([O-])CNC(=O)OCc1ccccc1)C(=O)NCCCc1ccc(-c2ccsc2)cc1. The van der Waals surface area contributed by atoms with E-state index in [2.05, 4.69) is 56.5 Å². The Morgan fingerprint density at radius 1 is 1.00 bits per heavy atom. The fourth-order valence-corrected chi connectivity index (χ4v) is 5.19. The number of carbonyl (C=O) groups excluding carboxylic acids is 2. The number of hydrogen-bond donors (Lipinski definition) is 2. The Morgan fingerprint density at radius 2 is 1.76 bits per heavy atom. The van der Waals surface area contributed by atoms with Gasteiger partial charge in [-0.2, -0.15) is 11.3 Å². The Balaban J connectivity index is 1.41. The van der Waals surface area contributed by atoms with Crippen molar-refractivity contribution < 1.29 is 19.2 Å². The molecule has 0 saturated heterocycles. The van der Waals surface area contributed by atoms with Crippen LogP contribution in [0.3, 0.4) is 0 Å². The molecule has 3 rings (SSSR count). The van der Waals surface area contributed by atoms with Crippen LogP contribution >= 0.6 is 19.3 Å². The lowest BCUT2D eigenvalue weighted by Gasteiger charge is -2.14. The first-order valence-corrected chi connectivity index (χ1v) is 14.7. The number of nitrogens with zero attached hydrogens (tertiary/aromatic N) is 1. The lowest BCUT2D eigenvalue weighted by Crippen LogP contribution is -2.35. The lowest BCUT2D eigenvalue weighted by molar-refractivity contribution is -0.156. The predicted octanol–water partition coefficient (Wildman–Crippen LogP) is 5.70. The molecule has 3 aromatic rings. The predicted molar refractivity (Wildman–Crippen MR) is 148 cm³/mol. The number of alkyl carbamates (subject to hydrolysis) is 1. The monoisotopic (exact) mass is 539 g/mol. The molecule has 1 unspecified atom stereocenters. The number of thiophene rings is 1. The third kappa shape index (κ3) is 10.4. The van der Waals surface area contributed by atoms with Crippen molar-refractivity contribution in [3.05, 3.63) is 82.6 Å². The Bertz CT molecular complexity index is 1140. The number of carbonyl (C=O) groups is 2. The number of hydrogen-bond acceptors (Lipinski definition) is 6. The summed E-state index contributed by atoms with van der Waals surface area (Å²) in [7, 11) is -2.15. The highest BCUT2D eigenvalue weighted by molar-refractivity contribution is 7.39. The van der Waals surface area contributed by atoms with Gasteiger partial charge < -0.3 is 14.9 Å². The van der Waals surface area contributed by atoms with Gasteiger partial charge in [0.05, 0.1) is 0 Å². The average molecular weight is 540 g/mol. The van der Waals surface area contributed by atoms with Crippen LogP contribution in [0.4, 0.5) is 4.79 Å². The van der Waals surface area contributed by atoms with E-state index in [0.717, 1.165) is 18.4 Å². The molecule has 2 atom stereocenters. The van der Waals surface area contributed by atoms with Gasteiger partial charge in [-0.3, -0.25) is 10.1 Å². The number of aryl methyl sites for hydroxylation is 1. The molecule has 2 aromatic carbocycles. The maximum atomic E-state index is 12.8. The molecule has 0 aliphatic rings. The van der Waals surface area contributed by atoms with E-state index >= 15 is 0 Å². The molecule has 196 valence electrons. The summed E-state index contributed by atoms with van der Waals surface area (Å²) in [6.07, 6.45) is 1.27. The third-order valence-electron chi connectivity index (χ3n) is 5.59. The molecule has 0 bridgehead atoms. The van der Waals surface area contributed by atoms with Crippen LogP contribution in [0.15, 0.2) is 76.2 Å². The maximum Gasteiger partial charge on any atom is 0.410 e. The smallest absolute Gasteiger partial charge is 0.410 e. The van der Waals surface area contributed by atoms with Gasteiger partial charge in [0.25, 0.3) is 0 Å². The molecule has 2 N–H and O–H groups in total. The molecule has 0 saturated carbocycles. The van der Waals surface area contributed by atoms with Gasteiger partial charge in [-0.05, 0) is 64.3 Å². The number of nitrogens with one attached hydrogen (secondary N) is 2. The van der Waals surface area contributed by atoms with Crippen molar-refractivity contribution in [2.75, 3.05) is 12.8 Å². The highest BCUT2D eigenvalue weighted by Gasteiger charge is 2.22. The Kier molecular flexibility index (Phi) is 11.8. The molecule has 0 aliphatic heterocycles. The van der Waals surface area contributed by atoms with E-state index in [4.69, 9.17) is 4.74 Å². The van der Waals surface area contributed by atoms with Gasteiger partial charge in [-0.15, -0.1) is 0 Å². The lowest BCUT2D eigenvalue weighted by atomic mass is 10.0. The van der Waals surface area contributed by atoms with E-state index in [1.54, 1.807) is 11.3 Å². The molecule has 7 nitrogen and oxygen atoms in total. The van der Waals surface area contributed by atoms with E-state index in [1.807, 2.05) is 44.2 Å². The standard InChI is InChI=1S/C28H34N3O4PS/c1-21(2)17-26(31-36(34)20-30-28(33)35-18-23-7-4-3-5-8-23)27(32)29-15-6-9-22-10-12-24(13-11-22)25-14-16-37-19-25/h3-5,7-8,10-14,16,19,21,26H,6,9,15,17-18,20H2,1-2H3,(H,29,32)(H,30,33)/t26-/m0/s1. The Labute approximate surface area is 223 Å². The molecular formula is C28H34N3O4PS. The Morgan fingerprint density at radius 3 is 2.43 bits per heavy atom. The fourth-order valence-electron chi connectivity index (χ4n) is 3.67. The summed E-state index contributed by atoms with van der Waals surface area (Å²) in [4.78, 5) is 37.1. The second kappa shape index (κ2) is 15.3. The van der Waals surface area contributed by atoms with Gasteiger partial charge in [-0.25, -0.2) is 4.79 Å². The minimum Gasteiger partial charge on any atom is -0.611 e. The van der Waals surface area contributed by atoms with E-state index in [9.17, 15) is 14.5 Å². The van der Waals surface area contributed by atoms with Crippen LogP contribution in [0.1, 0.15) is 37.8 Å². The van der Waals surface area contributed by atoms with Crippen LogP contribution in [0, 0.1) is 5.92 Å². The van der Waals surface area contributed by atoms with E-state index in [1.165, 1.54) is 16.7 Å². The average Bonchev–Trinajstić information content (AvgIpc) is 3.44. The third-order valence-corrected chi connectivity index (χ3v) is 7.24. The quantitative estimate of drug-likeness (QED) is 0.215. The fraction of sp³-hybridized carbons (Fsp3) is 0.357. The van der Waals surface area contributed by atoms with Crippen LogP contribution in [0.2, 0.25) is 0 Å². The van der Waals surface area contributed by atoms with E-state index < -0.39 is 20.1 Å². The first-order chi connectivity index (χ1) is 17.9. The summed E-state index contributed by atoms with van der Waals surface area (Å²) in [6.45, 7) is 4.61. The number of ether oxygens (including phenoxy) is 1. The minimum atomic E-state index is -2.15. The zero-order chi connectivity index (χ0) is 26.5. The molecule has 0 radical (unpaired) electrons. The van der Waals surface area contributed by atoms with Crippen LogP contribution in [0.25, 0.3) is 11.1 Å². The maximum absolute atomic E-state index is 12.8. The van der Waals surface area contributed by atoms with Crippen molar-refractivity contribution in [3.63, 3.8) is 0 Å². The Hall–Kier alpha value is -3.06. The van der Waals surface area contributed by atoms with E-state index in [0.29, 0.717) is 13.0 Å². The molecule has 2 amide bonds. The highest BCUT2D eigenvalue weighted by atomic mass is 32.1. The first-order valence-electron chi connectivity index (χ1n) is 12.4. The van der Waals surface area contributed by atoms with Crippen molar-refractivity contribution in [3.8, 4) is 11.1 Å². The first kappa shape index (κ1) is 28.5. The molecule has 0 fully saturated rings. The summed E-state index contributed by atoms with van der Waals surface area (Å²) >= 11 is 1.68. The van der Waals surface area contributed by atoms with Gasteiger partial charge >= 0.3 is 6.09 Å². The number of rotatable bonds is 13. The molecule has 0 aliphatic carbocycles. The number of benzene rings is 2. The van der Waals surface area contributed by atoms with Crippen molar-refractivity contribution >= 4 is 31.3 Å². The summed E-state index contributed by atoms with van der Waals surface area (Å²) in [6, 6.07) is 19.1. The van der Waals surface area contributed by atoms with Crippen molar-refractivity contribution in [2.45, 2.75) is 45.8 Å². The van der Waals surface area contributed by atoms with Crippen molar-refractivity contribution in [2.24, 2.45) is 10.7 Å². The van der Waals surface area contributed by atoms with Crippen LogP contribution in [-0.4, -0.2) is 30.9 Å². The second-order valence-electron chi connectivity index (χ2n) is 9.11. The topological polar surface area (TPSA) is 103 Å².